The van der Waals surface area contributed by atoms with Crippen molar-refractivity contribution in [1.82, 2.24) is 0 Å². The number of benzene rings is 3. The molecule has 0 radical (unpaired) electrons. The number of hydrogen-bond acceptors (Lipinski definition) is 6. The molecule has 1 saturated heterocycles. The molecule has 0 spiro atoms. The number of amides is 1. The fourth-order valence-corrected chi connectivity index (χ4v) is 5.26. The maximum atomic E-state index is 13.2. The summed E-state index contributed by atoms with van der Waals surface area (Å²) in [4.78, 5) is 15.3. The minimum absolute atomic E-state index is 0.171. The average molecular weight is 583 g/mol. The second-order valence-electron chi connectivity index (χ2n) is 7.83. The summed E-state index contributed by atoms with van der Waals surface area (Å²) in [5.74, 6) is 1.78. The average Bonchev–Trinajstić information content (AvgIpc) is 3.16. The van der Waals surface area contributed by atoms with Crippen molar-refractivity contribution in [1.29, 1.82) is 0 Å². The van der Waals surface area contributed by atoms with E-state index in [1.807, 2.05) is 60.7 Å². The van der Waals surface area contributed by atoms with Crippen molar-refractivity contribution in [2.75, 3.05) is 19.1 Å². The first-order valence-electron chi connectivity index (χ1n) is 11.0. The molecule has 3 aromatic carbocycles. The first-order chi connectivity index (χ1) is 17.4. The smallest absolute Gasteiger partial charge is 0.270 e. The zero-order valence-corrected chi connectivity index (χ0v) is 23.0. The van der Waals surface area contributed by atoms with Crippen molar-refractivity contribution >= 4 is 61.9 Å². The molecular formula is C28H24BrNO4S2. The van der Waals surface area contributed by atoms with E-state index in [0.717, 1.165) is 21.2 Å². The number of halogens is 1. The van der Waals surface area contributed by atoms with Crippen molar-refractivity contribution in [3.8, 4) is 17.2 Å². The molecule has 1 fully saturated rings. The molecule has 0 aromatic heterocycles. The highest BCUT2D eigenvalue weighted by atomic mass is 79.9. The number of nitrogens with zero attached hydrogens (tertiary/aromatic N) is 1. The van der Waals surface area contributed by atoms with Crippen LogP contribution in [0.2, 0.25) is 0 Å². The number of hydrogen-bond donors (Lipinski definition) is 0. The summed E-state index contributed by atoms with van der Waals surface area (Å²) in [5, 5.41) is 0. The van der Waals surface area contributed by atoms with Gasteiger partial charge < -0.3 is 14.2 Å². The number of methoxy groups -OCH3 is 2. The van der Waals surface area contributed by atoms with Crippen molar-refractivity contribution in [2.45, 2.75) is 13.0 Å². The number of carbonyl (C=O) groups excluding carboxylic acids is 1. The topological polar surface area (TPSA) is 48.0 Å². The van der Waals surface area contributed by atoms with Gasteiger partial charge in [-0.2, -0.15) is 0 Å². The molecule has 1 amide bonds. The normalized spacial score (nSPS) is 14.3. The third kappa shape index (κ3) is 5.83. The standard InChI is InChI=1S/C28H24BrNO4S2/c1-4-5-20-14-19(15-24(33-3)26(20)34-17-18-6-8-21(29)9-7-18)16-25-27(31)30(28(35)36-25)22-10-12-23(32-2)13-11-22/h4,6-16H,1,5,17H2,2-3H3/b25-16+. The zero-order valence-electron chi connectivity index (χ0n) is 19.8. The van der Waals surface area contributed by atoms with Crippen molar-refractivity contribution in [3.63, 3.8) is 0 Å². The van der Waals surface area contributed by atoms with Crippen LogP contribution in [-0.2, 0) is 17.8 Å². The van der Waals surface area contributed by atoms with Crippen LogP contribution < -0.4 is 19.1 Å². The summed E-state index contributed by atoms with van der Waals surface area (Å²) in [5.41, 5.74) is 3.47. The quantitative estimate of drug-likeness (QED) is 0.151. The van der Waals surface area contributed by atoms with Gasteiger partial charge >= 0.3 is 0 Å². The fraction of sp³-hybridized carbons (Fsp3) is 0.143. The lowest BCUT2D eigenvalue weighted by molar-refractivity contribution is -0.113. The van der Waals surface area contributed by atoms with Crippen LogP contribution in [-0.4, -0.2) is 24.4 Å². The summed E-state index contributed by atoms with van der Waals surface area (Å²) >= 11 is 10.2. The van der Waals surface area contributed by atoms with Gasteiger partial charge in [0.2, 0.25) is 0 Å². The number of thiocarbonyl (C=S) groups is 1. The number of thioether (sulfide) groups is 1. The molecule has 0 N–H and O–H groups in total. The number of carbonyl (C=O) groups is 1. The van der Waals surface area contributed by atoms with Crippen molar-refractivity contribution < 1.29 is 19.0 Å². The Labute approximate surface area is 228 Å². The summed E-state index contributed by atoms with van der Waals surface area (Å²) in [6, 6.07) is 19.0. The summed E-state index contributed by atoms with van der Waals surface area (Å²) in [6.45, 7) is 4.28. The molecule has 184 valence electrons. The van der Waals surface area contributed by atoms with E-state index >= 15 is 0 Å². The van der Waals surface area contributed by atoms with Crippen LogP contribution in [0.5, 0.6) is 17.2 Å². The number of anilines is 1. The van der Waals surface area contributed by atoms with Crippen LogP contribution in [0.4, 0.5) is 5.69 Å². The van der Waals surface area contributed by atoms with Crippen LogP contribution in [0.15, 0.2) is 82.7 Å². The third-order valence-corrected chi connectivity index (χ3v) is 7.29. The van der Waals surface area contributed by atoms with Gasteiger partial charge in [0.25, 0.3) is 5.91 Å². The van der Waals surface area contributed by atoms with Crippen LogP contribution in [0.25, 0.3) is 6.08 Å². The fourth-order valence-electron chi connectivity index (χ4n) is 3.70. The second-order valence-corrected chi connectivity index (χ2v) is 10.4. The minimum Gasteiger partial charge on any atom is -0.497 e. The second kappa shape index (κ2) is 11.8. The van der Waals surface area contributed by atoms with Crippen LogP contribution in [0.1, 0.15) is 16.7 Å². The number of allylic oxidation sites excluding steroid dienone is 1. The van der Waals surface area contributed by atoms with Crippen molar-refractivity contribution in [2.24, 2.45) is 0 Å². The van der Waals surface area contributed by atoms with Gasteiger partial charge in [-0.1, -0.05) is 58.1 Å². The molecule has 0 saturated carbocycles. The SMILES string of the molecule is C=CCc1cc(/C=C2/SC(=S)N(c3ccc(OC)cc3)C2=O)cc(OC)c1OCc1ccc(Br)cc1. The molecule has 0 unspecified atom stereocenters. The molecule has 8 heteroatoms. The Morgan fingerprint density at radius 1 is 1.06 bits per heavy atom. The Bertz CT molecular complexity index is 1320. The van der Waals surface area contributed by atoms with E-state index in [4.69, 9.17) is 26.4 Å². The van der Waals surface area contributed by atoms with Crippen LogP contribution >= 0.6 is 39.9 Å². The molecule has 1 aliphatic heterocycles. The van der Waals surface area contributed by atoms with Gasteiger partial charge in [-0.25, -0.2) is 0 Å². The maximum Gasteiger partial charge on any atom is 0.270 e. The Kier molecular flexibility index (Phi) is 8.51. The Morgan fingerprint density at radius 2 is 1.78 bits per heavy atom. The highest BCUT2D eigenvalue weighted by molar-refractivity contribution is 9.10. The first kappa shape index (κ1) is 26.0. The molecule has 4 rings (SSSR count). The monoisotopic (exact) mass is 581 g/mol. The number of ether oxygens (including phenoxy) is 3. The van der Waals surface area contributed by atoms with Gasteiger partial charge in [-0.05, 0) is 72.2 Å². The molecule has 3 aromatic rings. The molecule has 1 heterocycles. The summed E-state index contributed by atoms with van der Waals surface area (Å²) < 4.78 is 18.5. The van der Waals surface area contributed by atoms with E-state index in [1.165, 1.54) is 16.7 Å². The number of rotatable bonds is 9. The largest absolute Gasteiger partial charge is 0.497 e. The van der Waals surface area contributed by atoms with Gasteiger partial charge in [0.1, 0.15) is 12.4 Å². The highest BCUT2D eigenvalue weighted by Crippen LogP contribution is 2.39. The molecule has 0 atom stereocenters. The van der Waals surface area contributed by atoms with E-state index in [2.05, 4.69) is 22.5 Å². The molecule has 5 nitrogen and oxygen atoms in total. The van der Waals surface area contributed by atoms with E-state index < -0.39 is 0 Å². The van der Waals surface area contributed by atoms with Gasteiger partial charge in [-0.15, -0.1) is 6.58 Å². The van der Waals surface area contributed by atoms with Gasteiger partial charge in [0.15, 0.2) is 15.8 Å². The van der Waals surface area contributed by atoms with Crippen LogP contribution in [0.3, 0.4) is 0 Å². The Hall–Kier alpha value is -3.07. The minimum atomic E-state index is -0.171. The summed E-state index contributed by atoms with van der Waals surface area (Å²) in [7, 11) is 3.20. The van der Waals surface area contributed by atoms with Gasteiger partial charge in [0.05, 0.1) is 24.8 Å². The predicted octanol–water partition coefficient (Wildman–Crippen LogP) is 7.18. The highest BCUT2D eigenvalue weighted by Gasteiger charge is 2.33. The van der Waals surface area contributed by atoms with E-state index in [1.54, 1.807) is 26.4 Å². The zero-order chi connectivity index (χ0) is 25.7. The third-order valence-electron chi connectivity index (χ3n) is 5.46. The van der Waals surface area contributed by atoms with Gasteiger partial charge in [-0.3, -0.25) is 9.69 Å². The Balaban J connectivity index is 1.62. The van der Waals surface area contributed by atoms with E-state index in [9.17, 15) is 4.79 Å². The van der Waals surface area contributed by atoms with Crippen LogP contribution in [0, 0.1) is 0 Å². The molecular weight excluding hydrogens is 558 g/mol. The van der Waals surface area contributed by atoms with Crippen molar-refractivity contribution in [3.05, 3.63) is 99.4 Å². The first-order valence-corrected chi connectivity index (χ1v) is 13.1. The lowest BCUT2D eigenvalue weighted by Gasteiger charge is -2.16. The lowest BCUT2D eigenvalue weighted by atomic mass is 10.0. The molecule has 0 bridgehead atoms. The van der Waals surface area contributed by atoms with E-state index in [0.29, 0.717) is 45.2 Å². The predicted molar refractivity (Wildman–Crippen MR) is 154 cm³/mol. The van der Waals surface area contributed by atoms with E-state index in [-0.39, 0.29) is 5.91 Å². The molecule has 1 aliphatic rings. The Morgan fingerprint density at radius 3 is 2.42 bits per heavy atom. The van der Waals surface area contributed by atoms with Gasteiger partial charge in [0, 0.05) is 10.0 Å². The molecule has 36 heavy (non-hydrogen) atoms. The maximum absolute atomic E-state index is 13.2. The molecule has 0 aliphatic carbocycles. The summed E-state index contributed by atoms with van der Waals surface area (Å²) in [6.07, 6.45) is 4.23. The lowest BCUT2D eigenvalue weighted by Crippen LogP contribution is -2.27.